The van der Waals surface area contributed by atoms with Crippen LogP contribution in [0.4, 0.5) is 0 Å². The van der Waals surface area contributed by atoms with Crippen LogP contribution in [0.1, 0.15) is 10.4 Å². The summed E-state index contributed by atoms with van der Waals surface area (Å²) in [7, 11) is 1.35. The first-order chi connectivity index (χ1) is 9.67. The second-order valence-corrected chi connectivity index (χ2v) is 5.07. The number of halogens is 1. The highest BCUT2D eigenvalue weighted by Crippen LogP contribution is 2.19. The molecule has 2 aromatic heterocycles. The molecule has 0 bridgehead atoms. The Morgan fingerprint density at radius 3 is 2.70 bits per heavy atom. The summed E-state index contributed by atoms with van der Waals surface area (Å²) in [6.45, 7) is 0. The first-order valence-corrected chi connectivity index (χ1v) is 6.67. The fourth-order valence-corrected chi connectivity index (χ4v) is 2.11. The quantitative estimate of drug-likeness (QED) is 0.677. The van der Waals surface area contributed by atoms with Gasteiger partial charge in [0.05, 0.1) is 12.7 Å². The van der Waals surface area contributed by atoms with Crippen LogP contribution in [0.25, 0.3) is 17.0 Å². The zero-order chi connectivity index (χ0) is 14.1. The second-order valence-electron chi connectivity index (χ2n) is 4.15. The predicted octanol–water partition coefficient (Wildman–Crippen LogP) is 2.95. The van der Waals surface area contributed by atoms with Crippen LogP contribution in [-0.2, 0) is 4.74 Å². The van der Waals surface area contributed by atoms with Crippen LogP contribution >= 0.6 is 15.9 Å². The highest BCUT2D eigenvalue weighted by atomic mass is 79.9. The molecule has 20 heavy (non-hydrogen) atoms. The van der Waals surface area contributed by atoms with Gasteiger partial charge < -0.3 is 4.74 Å². The summed E-state index contributed by atoms with van der Waals surface area (Å²) in [5.74, 6) is 0.222. The molecule has 3 rings (SSSR count). The van der Waals surface area contributed by atoms with Gasteiger partial charge in [0.2, 0.25) is 0 Å². The molecular weight excluding hydrogens is 322 g/mol. The number of methoxy groups -OCH3 is 1. The van der Waals surface area contributed by atoms with Crippen molar-refractivity contribution in [1.29, 1.82) is 0 Å². The van der Waals surface area contributed by atoms with E-state index in [9.17, 15) is 4.79 Å². The molecule has 2 heterocycles. The zero-order valence-electron chi connectivity index (χ0n) is 10.6. The summed E-state index contributed by atoms with van der Waals surface area (Å²) >= 11 is 3.39. The molecule has 0 atom stereocenters. The summed E-state index contributed by atoms with van der Waals surface area (Å²) in [5.41, 5.74) is 1.97. The Morgan fingerprint density at radius 1 is 1.25 bits per heavy atom. The molecule has 0 saturated carbocycles. The Labute approximate surface area is 123 Å². The molecule has 6 heteroatoms. The number of nitrogens with zero attached hydrogens (tertiary/aromatic N) is 3. The highest BCUT2D eigenvalue weighted by Gasteiger charge is 2.10. The summed E-state index contributed by atoms with van der Waals surface area (Å²) in [4.78, 5) is 15.9. The summed E-state index contributed by atoms with van der Waals surface area (Å²) in [6.07, 6.45) is 1.69. The van der Waals surface area contributed by atoms with Gasteiger partial charge in [0.15, 0.2) is 11.5 Å². The lowest BCUT2D eigenvalue weighted by atomic mass is 10.2. The number of pyridine rings is 1. The van der Waals surface area contributed by atoms with E-state index in [-0.39, 0.29) is 5.97 Å². The maximum atomic E-state index is 11.5. The van der Waals surface area contributed by atoms with Crippen LogP contribution in [0.2, 0.25) is 0 Å². The Balaban J connectivity index is 2.06. The SMILES string of the molecule is COC(=O)c1ccn2nc(-c3ccc(Br)cc3)nc2c1. The number of esters is 1. The van der Waals surface area contributed by atoms with Crippen molar-refractivity contribution in [1.82, 2.24) is 14.6 Å². The minimum absolute atomic E-state index is 0.388. The molecule has 0 aliphatic heterocycles. The monoisotopic (exact) mass is 331 g/mol. The number of aromatic nitrogens is 3. The molecule has 0 spiro atoms. The van der Waals surface area contributed by atoms with Crippen molar-refractivity contribution < 1.29 is 9.53 Å². The van der Waals surface area contributed by atoms with Gasteiger partial charge in [-0.05, 0) is 24.3 Å². The van der Waals surface area contributed by atoms with E-state index in [1.807, 2.05) is 24.3 Å². The van der Waals surface area contributed by atoms with Gasteiger partial charge >= 0.3 is 5.97 Å². The average Bonchev–Trinajstić information content (AvgIpc) is 2.90. The van der Waals surface area contributed by atoms with Crippen molar-refractivity contribution in [2.75, 3.05) is 7.11 Å². The highest BCUT2D eigenvalue weighted by molar-refractivity contribution is 9.10. The maximum absolute atomic E-state index is 11.5. The van der Waals surface area contributed by atoms with Gasteiger partial charge in [-0.2, -0.15) is 0 Å². The number of hydrogen-bond acceptors (Lipinski definition) is 4. The number of carbonyl (C=O) groups excluding carboxylic acids is 1. The Hall–Kier alpha value is -2.21. The third-order valence-corrected chi connectivity index (χ3v) is 3.39. The zero-order valence-corrected chi connectivity index (χ0v) is 12.2. The fourth-order valence-electron chi connectivity index (χ4n) is 1.85. The number of benzene rings is 1. The smallest absolute Gasteiger partial charge is 0.338 e. The molecule has 0 N–H and O–H groups in total. The van der Waals surface area contributed by atoms with E-state index in [1.54, 1.807) is 22.8 Å². The molecule has 1 aromatic carbocycles. The Kier molecular flexibility index (Phi) is 3.23. The van der Waals surface area contributed by atoms with Gasteiger partial charge in [-0.1, -0.05) is 28.1 Å². The average molecular weight is 332 g/mol. The molecule has 0 aliphatic rings. The number of carbonyl (C=O) groups is 1. The van der Waals surface area contributed by atoms with Crippen LogP contribution in [0.15, 0.2) is 47.1 Å². The molecule has 0 fully saturated rings. The molecule has 0 saturated heterocycles. The number of rotatable bonds is 2. The molecule has 100 valence electrons. The summed E-state index contributed by atoms with van der Waals surface area (Å²) in [6, 6.07) is 11.0. The summed E-state index contributed by atoms with van der Waals surface area (Å²) < 4.78 is 7.32. The van der Waals surface area contributed by atoms with Gasteiger partial charge in [0, 0.05) is 16.2 Å². The van der Waals surface area contributed by atoms with Crippen molar-refractivity contribution in [3.8, 4) is 11.4 Å². The number of hydrogen-bond donors (Lipinski definition) is 0. The van der Waals surface area contributed by atoms with Crippen molar-refractivity contribution in [2.24, 2.45) is 0 Å². The number of fused-ring (bicyclic) bond motifs is 1. The van der Waals surface area contributed by atoms with Crippen LogP contribution in [0, 0.1) is 0 Å². The fraction of sp³-hybridized carbons (Fsp3) is 0.0714. The van der Waals surface area contributed by atoms with Gasteiger partial charge in [0.25, 0.3) is 0 Å². The maximum Gasteiger partial charge on any atom is 0.338 e. The minimum Gasteiger partial charge on any atom is -0.465 e. The van der Waals surface area contributed by atoms with E-state index in [2.05, 4.69) is 30.7 Å². The van der Waals surface area contributed by atoms with E-state index in [0.717, 1.165) is 10.0 Å². The third-order valence-electron chi connectivity index (χ3n) is 2.86. The molecule has 5 nitrogen and oxygen atoms in total. The van der Waals surface area contributed by atoms with Gasteiger partial charge in [-0.3, -0.25) is 0 Å². The van der Waals surface area contributed by atoms with E-state index in [4.69, 9.17) is 0 Å². The minimum atomic E-state index is -0.388. The second kappa shape index (κ2) is 5.05. The van der Waals surface area contributed by atoms with Crippen LogP contribution in [0.3, 0.4) is 0 Å². The van der Waals surface area contributed by atoms with Crippen LogP contribution < -0.4 is 0 Å². The lowest BCUT2D eigenvalue weighted by molar-refractivity contribution is 0.0600. The van der Waals surface area contributed by atoms with E-state index in [1.165, 1.54) is 7.11 Å². The standard InChI is InChI=1S/C14H10BrN3O2/c1-20-14(19)10-6-7-18-12(8-10)16-13(17-18)9-2-4-11(15)5-3-9/h2-8H,1H3. The molecule has 0 radical (unpaired) electrons. The van der Waals surface area contributed by atoms with Gasteiger partial charge in [-0.25, -0.2) is 14.3 Å². The summed E-state index contributed by atoms with van der Waals surface area (Å²) in [5, 5.41) is 4.38. The molecular formula is C14H10BrN3O2. The van der Waals surface area contributed by atoms with E-state index >= 15 is 0 Å². The normalized spacial score (nSPS) is 10.7. The van der Waals surface area contributed by atoms with Crippen molar-refractivity contribution in [3.05, 3.63) is 52.6 Å². The van der Waals surface area contributed by atoms with E-state index in [0.29, 0.717) is 17.0 Å². The lowest BCUT2D eigenvalue weighted by Crippen LogP contribution is -2.02. The van der Waals surface area contributed by atoms with Crippen molar-refractivity contribution >= 4 is 27.5 Å². The molecule has 0 unspecified atom stereocenters. The van der Waals surface area contributed by atoms with Gasteiger partial charge in [0.1, 0.15) is 0 Å². The van der Waals surface area contributed by atoms with E-state index < -0.39 is 0 Å². The molecule has 0 amide bonds. The number of ether oxygens (including phenoxy) is 1. The largest absolute Gasteiger partial charge is 0.465 e. The van der Waals surface area contributed by atoms with Gasteiger partial charge in [-0.15, -0.1) is 5.10 Å². The Morgan fingerprint density at radius 2 is 2.00 bits per heavy atom. The predicted molar refractivity (Wildman–Crippen MR) is 77.5 cm³/mol. The van der Waals surface area contributed by atoms with Crippen LogP contribution in [-0.4, -0.2) is 27.7 Å². The Bertz CT molecular complexity index is 781. The third kappa shape index (κ3) is 2.30. The molecule has 3 aromatic rings. The molecule has 0 aliphatic carbocycles. The first kappa shape index (κ1) is 12.8. The van der Waals surface area contributed by atoms with Crippen molar-refractivity contribution in [2.45, 2.75) is 0 Å². The lowest BCUT2D eigenvalue weighted by Gasteiger charge is -1.97. The van der Waals surface area contributed by atoms with Crippen molar-refractivity contribution in [3.63, 3.8) is 0 Å². The first-order valence-electron chi connectivity index (χ1n) is 5.88. The topological polar surface area (TPSA) is 56.5 Å². The van der Waals surface area contributed by atoms with Crippen LogP contribution in [0.5, 0.6) is 0 Å².